The molecule has 50 valence electrons. The first-order chi connectivity index (χ1) is 4.24. The number of aliphatic hydroxyl groups excluding tert-OH is 1. The van der Waals surface area contributed by atoms with E-state index < -0.39 is 0 Å². The molecule has 0 spiro atoms. The highest BCUT2D eigenvalue weighted by molar-refractivity contribution is 14.1. The van der Waals surface area contributed by atoms with E-state index in [9.17, 15) is 0 Å². The molecule has 1 aromatic rings. The summed E-state index contributed by atoms with van der Waals surface area (Å²) in [5.74, 6) is 0. The van der Waals surface area contributed by atoms with Gasteiger partial charge in [-0.1, -0.05) is 0 Å². The smallest absolute Gasteiger partial charge is 0.0799 e. The highest BCUT2D eigenvalue weighted by Crippen LogP contribution is 2.28. The highest BCUT2D eigenvalue weighted by Gasteiger charge is 2.00. The fourth-order valence-corrected chi connectivity index (χ4v) is 2.77. The second-order valence-electron chi connectivity index (χ2n) is 1.49. The van der Waals surface area contributed by atoms with Crippen molar-refractivity contribution in [2.75, 3.05) is 0 Å². The van der Waals surface area contributed by atoms with Crippen molar-refractivity contribution < 1.29 is 5.11 Å². The van der Waals surface area contributed by atoms with Gasteiger partial charge < -0.3 is 5.11 Å². The summed E-state index contributed by atoms with van der Waals surface area (Å²) in [7, 11) is 0. The van der Waals surface area contributed by atoms with Gasteiger partial charge >= 0.3 is 0 Å². The molecule has 0 saturated carbocycles. The topological polar surface area (TPSA) is 20.2 Å². The van der Waals surface area contributed by atoms with E-state index in [0.717, 1.165) is 9.35 Å². The molecule has 0 bridgehead atoms. The van der Waals surface area contributed by atoms with Gasteiger partial charge in [0.05, 0.1) is 9.49 Å². The molecule has 4 heteroatoms. The van der Waals surface area contributed by atoms with Crippen LogP contribution in [0.15, 0.2) is 10.5 Å². The fraction of sp³-hybridized carbons (Fsp3) is 0.200. The summed E-state index contributed by atoms with van der Waals surface area (Å²) >= 11 is 7.18. The molecule has 0 aliphatic rings. The van der Waals surface area contributed by atoms with Crippen LogP contribution in [0.3, 0.4) is 0 Å². The maximum Gasteiger partial charge on any atom is 0.0799 e. The van der Waals surface area contributed by atoms with Crippen LogP contribution in [0, 0.1) is 2.88 Å². The van der Waals surface area contributed by atoms with E-state index in [2.05, 4.69) is 38.5 Å². The molecule has 0 atom stereocenters. The zero-order valence-corrected chi connectivity index (χ0v) is 8.96. The third-order valence-corrected chi connectivity index (χ3v) is 4.63. The lowest BCUT2D eigenvalue weighted by Gasteiger charge is -1.79. The van der Waals surface area contributed by atoms with Gasteiger partial charge in [-0.2, -0.15) is 0 Å². The molecule has 0 amide bonds. The van der Waals surface area contributed by atoms with Crippen LogP contribution < -0.4 is 0 Å². The van der Waals surface area contributed by atoms with Crippen LogP contribution in [0.5, 0.6) is 0 Å². The minimum absolute atomic E-state index is 0.145. The summed E-state index contributed by atoms with van der Waals surface area (Å²) in [6.45, 7) is 0.145. The standard InChI is InChI=1S/C5H4BrIOS/c6-4-1-3(2-8)9-5(4)7/h1,8H,2H2. The number of aliphatic hydroxyl groups is 1. The van der Waals surface area contributed by atoms with E-state index in [-0.39, 0.29) is 6.61 Å². The first-order valence-corrected chi connectivity index (χ1v) is 4.97. The van der Waals surface area contributed by atoms with Gasteiger partial charge in [-0.15, -0.1) is 11.3 Å². The summed E-state index contributed by atoms with van der Waals surface area (Å²) in [5, 5.41) is 8.66. The van der Waals surface area contributed by atoms with Crippen molar-refractivity contribution in [1.82, 2.24) is 0 Å². The number of hydrogen-bond acceptors (Lipinski definition) is 2. The van der Waals surface area contributed by atoms with E-state index >= 15 is 0 Å². The number of thiophene rings is 1. The summed E-state index contributed by atoms with van der Waals surface area (Å²) < 4.78 is 2.27. The lowest BCUT2D eigenvalue weighted by Crippen LogP contribution is -1.70. The molecular formula is C5H4BrIOS. The Balaban J connectivity index is 2.98. The monoisotopic (exact) mass is 318 g/mol. The zero-order valence-electron chi connectivity index (χ0n) is 4.40. The predicted octanol–water partition coefficient (Wildman–Crippen LogP) is 2.61. The van der Waals surface area contributed by atoms with Crippen molar-refractivity contribution in [3.8, 4) is 0 Å². The van der Waals surface area contributed by atoms with Crippen molar-refractivity contribution >= 4 is 49.9 Å². The Kier molecular flexibility index (Phi) is 2.94. The van der Waals surface area contributed by atoms with Crippen molar-refractivity contribution in [2.45, 2.75) is 6.61 Å². The average molecular weight is 319 g/mol. The minimum Gasteiger partial charge on any atom is -0.391 e. The lowest BCUT2D eigenvalue weighted by atomic mass is 10.5. The van der Waals surface area contributed by atoms with Crippen LogP contribution in [0.25, 0.3) is 0 Å². The predicted molar refractivity (Wildman–Crippen MR) is 50.7 cm³/mol. The van der Waals surface area contributed by atoms with E-state index in [0.29, 0.717) is 0 Å². The maximum atomic E-state index is 8.66. The second-order valence-corrected chi connectivity index (χ2v) is 5.29. The van der Waals surface area contributed by atoms with Gasteiger partial charge in [0.1, 0.15) is 0 Å². The van der Waals surface area contributed by atoms with Crippen molar-refractivity contribution in [3.63, 3.8) is 0 Å². The molecule has 1 aromatic heterocycles. The van der Waals surface area contributed by atoms with E-state index in [4.69, 9.17) is 5.11 Å². The molecule has 0 aliphatic carbocycles. The molecule has 1 N–H and O–H groups in total. The first kappa shape index (κ1) is 7.97. The highest BCUT2D eigenvalue weighted by atomic mass is 127. The fourth-order valence-electron chi connectivity index (χ4n) is 0.469. The Morgan fingerprint density at radius 1 is 1.78 bits per heavy atom. The molecule has 1 rings (SSSR count). The van der Waals surface area contributed by atoms with E-state index in [1.54, 1.807) is 11.3 Å². The molecule has 0 fully saturated rings. The normalized spacial score (nSPS) is 10.1. The van der Waals surface area contributed by atoms with Gasteiger partial charge in [0.15, 0.2) is 0 Å². The summed E-state index contributed by atoms with van der Waals surface area (Å²) in [6, 6.07) is 1.94. The van der Waals surface area contributed by atoms with Crippen LogP contribution in [0.1, 0.15) is 4.88 Å². The third-order valence-electron chi connectivity index (χ3n) is 0.852. The number of rotatable bonds is 1. The van der Waals surface area contributed by atoms with Gasteiger partial charge in [-0.25, -0.2) is 0 Å². The molecule has 0 aliphatic heterocycles. The molecular weight excluding hydrogens is 315 g/mol. The summed E-state index contributed by atoms with van der Waals surface area (Å²) in [6.07, 6.45) is 0. The van der Waals surface area contributed by atoms with Crippen LogP contribution in [0.2, 0.25) is 0 Å². The molecule has 1 nitrogen and oxygen atoms in total. The van der Waals surface area contributed by atoms with Gasteiger partial charge in [-0.05, 0) is 44.6 Å². The first-order valence-electron chi connectivity index (χ1n) is 2.28. The molecule has 0 saturated heterocycles. The van der Waals surface area contributed by atoms with Crippen molar-refractivity contribution in [1.29, 1.82) is 0 Å². The van der Waals surface area contributed by atoms with E-state index in [1.807, 2.05) is 6.07 Å². The molecule has 0 unspecified atom stereocenters. The quantitative estimate of drug-likeness (QED) is 0.789. The van der Waals surface area contributed by atoms with Gasteiger partial charge in [0.2, 0.25) is 0 Å². The largest absolute Gasteiger partial charge is 0.391 e. The summed E-state index contributed by atoms with van der Waals surface area (Å²) in [4.78, 5) is 1.01. The number of hydrogen-bond donors (Lipinski definition) is 1. The Hall–Kier alpha value is 0.870. The van der Waals surface area contributed by atoms with Gasteiger partial charge in [-0.3, -0.25) is 0 Å². The Morgan fingerprint density at radius 2 is 2.44 bits per heavy atom. The van der Waals surface area contributed by atoms with Gasteiger partial charge in [0.25, 0.3) is 0 Å². The second kappa shape index (κ2) is 3.32. The molecule has 1 heterocycles. The molecule has 9 heavy (non-hydrogen) atoms. The molecule has 0 aromatic carbocycles. The van der Waals surface area contributed by atoms with Crippen molar-refractivity contribution in [2.24, 2.45) is 0 Å². The summed E-state index contributed by atoms with van der Waals surface area (Å²) in [5.41, 5.74) is 0. The van der Waals surface area contributed by atoms with E-state index in [1.165, 1.54) is 2.88 Å². The lowest BCUT2D eigenvalue weighted by molar-refractivity contribution is 0.285. The SMILES string of the molecule is OCc1cc(Br)c(I)s1. The Morgan fingerprint density at radius 3 is 2.67 bits per heavy atom. The Labute approximate surface area is 79.4 Å². The average Bonchev–Trinajstić information content (AvgIpc) is 2.13. The van der Waals surface area contributed by atoms with Crippen LogP contribution in [-0.2, 0) is 6.61 Å². The van der Waals surface area contributed by atoms with Crippen LogP contribution >= 0.6 is 49.9 Å². The van der Waals surface area contributed by atoms with Gasteiger partial charge in [0, 0.05) is 9.35 Å². The van der Waals surface area contributed by atoms with Crippen LogP contribution in [-0.4, -0.2) is 5.11 Å². The minimum atomic E-state index is 0.145. The van der Waals surface area contributed by atoms with Crippen LogP contribution in [0.4, 0.5) is 0 Å². The van der Waals surface area contributed by atoms with Crippen molar-refractivity contribution in [3.05, 3.63) is 18.3 Å². The zero-order chi connectivity index (χ0) is 6.85. The third kappa shape index (κ3) is 1.89. The molecule has 0 radical (unpaired) electrons. The number of halogens is 2. The maximum absolute atomic E-state index is 8.66. The Bertz CT molecular complexity index is 191.